The number of rotatable bonds is 6. The number of hydrogen-bond acceptors (Lipinski definition) is 5. The maximum Gasteiger partial charge on any atom is 0.258 e. The molecule has 2 heterocycles. The molecule has 1 aliphatic heterocycles. The lowest BCUT2D eigenvalue weighted by atomic mass is 10.0. The van der Waals surface area contributed by atoms with Gasteiger partial charge in [-0.15, -0.1) is 0 Å². The minimum Gasteiger partial charge on any atom is -0.483 e. The second kappa shape index (κ2) is 8.97. The molecule has 158 valence electrons. The van der Waals surface area contributed by atoms with Gasteiger partial charge in [0.05, 0.1) is 12.1 Å². The van der Waals surface area contributed by atoms with Crippen LogP contribution in [0.15, 0.2) is 54.7 Å². The van der Waals surface area contributed by atoms with E-state index in [0.29, 0.717) is 11.5 Å². The van der Waals surface area contributed by atoms with Crippen LogP contribution in [-0.4, -0.2) is 36.3 Å². The molecule has 1 aliphatic rings. The average molecular weight is 416 g/mol. The monoisotopic (exact) mass is 416 g/mol. The third-order valence-electron chi connectivity index (χ3n) is 4.80. The predicted octanol–water partition coefficient (Wildman–Crippen LogP) is 3.53. The fourth-order valence-corrected chi connectivity index (χ4v) is 3.41. The Morgan fingerprint density at radius 2 is 2.06 bits per heavy atom. The lowest BCUT2D eigenvalue weighted by Gasteiger charge is -2.18. The SMILES string of the molecule is CC1(C)Cc2cccc(OCC(=O)NCC#CCOc3ccc4cccnc4c3)c2O1. The molecule has 6 heteroatoms. The molecule has 1 amide bonds. The van der Waals surface area contributed by atoms with Crippen molar-refractivity contribution in [2.45, 2.75) is 25.9 Å². The number of benzene rings is 2. The molecule has 0 unspecified atom stereocenters. The van der Waals surface area contributed by atoms with Gasteiger partial charge in [-0.25, -0.2) is 0 Å². The molecule has 0 spiro atoms. The van der Waals surface area contributed by atoms with E-state index in [0.717, 1.165) is 28.6 Å². The van der Waals surface area contributed by atoms with Crippen LogP contribution in [0.5, 0.6) is 17.2 Å². The Hall–Kier alpha value is -3.72. The van der Waals surface area contributed by atoms with Crippen LogP contribution in [0.25, 0.3) is 10.9 Å². The smallest absolute Gasteiger partial charge is 0.258 e. The van der Waals surface area contributed by atoms with Gasteiger partial charge in [-0.1, -0.05) is 30.0 Å². The molecule has 2 aromatic carbocycles. The number of hydrogen-bond donors (Lipinski definition) is 1. The van der Waals surface area contributed by atoms with Gasteiger partial charge in [0.2, 0.25) is 0 Å². The van der Waals surface area contributed by atoms with Gasteiger partial charge < -0.3 is 19.5 Å². The van der Waals surface area contributed by atoms with Crippen LogP contribution in [-0.2, 0) is 11.2 Å². The first kappa shape index (κ1) is 20.5. The largest absolute Gasteiger partial charge is 0.483 e. The molecule has 0 aliphatic carbocycles. The number of pyridine rings is 1. The highest BCUT2D eigenvalue weighted by Crippen LogP contribution is 2.41. The van der Waals surface area contributed by atoms with Crippen molar-refractivity contribution in [3.8, 4) is 29.1 Å². The van der Waals surface area contributed by atoms with E-state index in [1.165, 1.54) is 0 Å². The first-order valence-electron chi connectivity index (χ1n) is 10.1. The maximum absolute atomic E-state index is 12.0. The van der Waals surface area contributed by atoms with E-state index >= 15 is 0 Å². The van der Waals surface area contributed by atoms with Crippen molar-refractivity contribution in [1.29, 1.82) is 0 Å². The molecule has 0 fully saturated rings. The number of nitrogens with one attached hydrogen (secondary N) is 1. The van der Waals surface area contributed by atoms with Crippen molar-refractivity contribution < 1.29 is 19.0 Å². The lowest BCUT2D eigenvalue weighted by Crippen LogP contribution is -2.29. The molecule has 0 atom stereocenters. The van der Waals surface area contributed by atoms with Gasteiger partial charge >= 0.3 is 0 Å². The number of aromatic nitrogens is 1. The highest BCUT2D eigenvalue weighted by molar-refractivity contribution is 5.79. The third-order valence-corrected chi connectivity index (χ3v) is 4.80. The summed E-state index contributed by atoms with van der Waals surface area (Å²) in [5.74, 6) is 7.53. The predicted molar refractivity (Wildman–Crippen MR) is 118 cm³/mol. The van der Waals surface area contributed by atoms with E-state index in [9.17, 15) is 4.79 Å². The summed E-state index contributed by atoms with van der Waals surface area (Å²) in [4.78, 5) is 16.3. The van der Waals surface area contributed by atoms with Crippen LogP contribution in [0.4, 0.5) is 0 Å². The van der Waals surface area contributed by atoms with Crippen molar-refractivity contribution in [3.63, 3.8) is 0 Å². The minimum absolute atomic E-state index is 0.0947. The molecule has 1 N–H and O–H groups in total. The quantitative estimate of drug-likeness (QED) is 0.623. The molecule has 0 radical (unpaired) electrons. The van der Waals surface area contributed by atoms with E-state index in [-0.39, 0.29) is 31.3 Å². The zero-order valence-corrected chi connectivity index (χ0v) is 17.6. The van der Waals surface area contributed by atoms with Crippen molar-refractivity contribution in [1.82, 2.24) is 10.3 Å². The second-order valence-electron chi connectivity index (χ2n) is 7.85. The fourth-order valence-electron chi connectivity index (χ4n) is 3.41. The summed E-state index contributed by atoms with van der Waals surface area (Å²) >= 11 is 0. The summed E-state index contributed by atoms with van der Waals surface area (Å²) in [5.41, 5.74) is 1.71. The van der Waals surface area contributed by atoms with Gasteiger partial charge in [0, 0.05) is 29.6 Å². The number of ether oxygens (including phenoxy) is 3. The highest BCUT2D eigenvalue weighted by Gasteiger charge is 2.32. The van der Waals surface area contributed by atoms with Crippen LogP contribution < -0.4 is 19.5 Å². The molecule has 6 nitrogen and oxygen atoms in total. The number of para-hydroxylation sites is 1. The number of nitrogens with zero attached hydrogens (tertiary/aromatic N) is 1. The van der Waals surface area contributed by atoms with Gasteiger partial charge in [0.15, 0.2) is 18.1 Å². The highest BCUT2D eigenvalue weighted by atomic mass is 16.5. The van der Waals surface area contributed by atoms with Gasteiger partial charge in [-0.05, 0) is 38.1 Å². The summed E-state index contributed by atoms with van der Waals surface area (Å²) in [6, 6.07) is 15.4. The van der Waals surface area contributed by atoms with E-state index in [1.54, 1.807) is 6.20 Å². The standard InChI is InChI=1S/C25H24N2O4/c1-25(2)16-19-7-5-9-22(24(19)31-25)30-17-23(28)27-12-3-4-14-29-20-11-10-18-8-6-13-26-21(18)15-20/h5-11,13,15H,12,14,16-17H2,1-2H3,(H,27,28). The van der Waals surface area contributed by atoms with Crippen molar-refractivity contribution >= 4 is 16.8 Å². The summed E-state index contributed by atoms with van der Waals surface area (Å²) in [5, 5.41) is 3.77. The summed E-state index contributed by atoms with van der Waals surface area (Å²) in [6.07, 6.45) is 2.57. The van der Waals surface area contributed by atoms with E-state index < -0.39 is 0 Å². The molecule has 31 heavy (non-hydrogen) atoms. The zero-order valence-electron chi connectivity index (χ0n) is 17.6. The van der Waals surface area contributed by atoms with Crippen molar-refractivity contribution in [3.05, 3.63) is 60.3 Å². The topological polar surface area (TPSA) is 69.7 Å². The maximum atomic E-state index is 12.0. The van der Waals surface area contributed by atoms with Crippen LogP contribution >= 0.6 is 0 Å². The number of amides is 1. The van der Waals surface area contributed by atoms with Crippen molar-refractivity contribution in [2.75, 3.05) is 19.8 Å². The summed E-state index contributed by atoms with van der Waals surface area (Å²) in [7, 11) is 0. The van der Waals surface area contributed by atoms with Gasteiger partial charge in [-0.2, -0.15) is 0 Å². The normalized spacial score (nSPS) is 13.5. The molecule has 4 rings (SSSR count). The molecule has 3 aromatic rings. The molecule has 1 aromatic heterocycles. The Labute approximate surface area is 181 Å². The fraction of sp³-hybridized carbons (Fsp3) is 0.280. The third kappa shape index (κ3) is 5.26. The Kier molecular flexibility index (Phi) is 5.94. The van der Waals surface area contributed by atoms with Crippen LogP contribution in [0.1, 0.15) is 19.4 Å². The molecule has 0 saturated carbocycles. The first-order chi connectivity index (χ1) is 15.0. The van der Waals surface area contributed by atoms with E-state index in [1.807, 2.05) is 62.4 Å². The van der Waals surface area contributed by atoms with Crippen LogP contribution in [0, 0.1) is 11.8 Å². The zero-order chi connectivity index (χ0) is 21.7. The van der Waals surface area contributed by atoms with Crippen LogP contribution in [0.3, 0.4) is 0 Å². The number of carbonyl (C=O) groups excluding carboxylic acids is 1. The second-order valence-corrected chi connectivity index (χ2v) is 7.85. The first-order valence-corrected chi connectivity index (χ1v) is 10.1. The van der Waals surface area contributed by atoms with E-state index in [2.05, 4.69) is 22.1 Å². The molecular formula is C25H24N2O4. The molecular weight excluding hydrogens is 392 g/mol. The Bertz CT molecular complexity index is 1160. The minimum atomic E-state index is -0.259. The Morgan fingerprint density at radius 3 is 2.97 bits per heavy atom. The number of carbonyl (C=O) groups is 1. The Morgan fingerprint density at radius 1 is 1.16 bits per heavy atom. The number of fused-ring (bicyclic) bond motifs is 2. The van der Waals surface area contributed by atoms with Gasteiger partial charge in [0.1, 0.15) is 18.0 Å². The van der Waals surface area contributed by atoms with Crippen molar-refractivity contribution in [2.24, 2.45) is 0 Å². The summed E-state index contributed by atoms with van der Waals surface area (Å²) in [6.45, 7) is 4.42. The van der Waals surface area contributed by atoms with E-state index in [4.69, 9.17) is 14.2 Å². The summed E-state index contributed by atoms with van der Waals surface area (Å²) < 4.78 is 17.2. The molecule has 0 bridgehead atoms. The van der Waals surface area contributed by atoms with Gasteiger partial charge in [-0.3, -0.25) is 9.78 Å². The average Bonchev–Trinajstić information content (AvgIpc) is 3.09. The Balaban J connectivity index is 1.19. The van der Waals surface area contributed by atoms with Crippen LogP contribution in [0.2, 0.25) is 0 Å². The van der Waals surface area contributed by atoms with Gasteiger partial charge in [0.25, 0.3) is 5.91 Å². The molecule has 0 saturated heterocycles. The lowest BCUT2D eigenvalue weighted by molar-refractivity contribution is -0.122.